The van der Waals surface area contributed by atoms with E-state index in [1.165, 1.54) is 12.3 Å². The summed E-state index contributed by atoms with van der Waals surface area (Å²) in [6.45, 7) is 3.37. The van der Waals surface area contributed by atoms with Crippen molar-refractivity contribution in [2.24, 2.45) is 0 Å². The van der Waals surface area contributed by atoms with Gasteiger partial charge in [-0.05, 0) is 47.0 Å². The molecule has 11 heteroatoms. The highest BCUT2D eigenvalue weighted by molar-refractivity contribution is 9.10. The summed E-state index contributed by atoms with van der Waals surface area (Å²) in [5.74, 6) is -0.248. The van der Waals surface area contributed by atoms with Gasteiger partial charge in [0.2, 0.25) is 20.0 Å². The van der Waals surface area contributed by atoms with Crippen molar-refractivity contribution >= 4 is 47.6 Å². The summed E-state index contributed by atoms with van der Waals surface area (Å²) < 4.78 is 54.9. The number of nitrogens with one attached hydrogen (secondary N) is 2. The van der Waals surface area contributed by atoms with Crippen LogP contribution < -0.4 is 9.44 Å². The summed E-state index contributed by atoms with van der Waals surface area (Å²) in [7, 11) is -7.47. The van der Waals surface area contributed by atoms with Gasteiger partial charge in [-0.1, -0.05) is 35.9 Å². The van der Waals surface area contributed by atoms with E-state index >= 15 is 0 Å². The third-order valence-electron chi connectivity index (χ3n) is 3.39. The van der Waals surface area contributed by atoms with E-state index in [-0.39, 0.29) is 28.4 Å². The molecule has 0 saturated carbocycles. The van der Waals surface area contributed by atoms with Crippen molar-refractivity contribution < 1.29 is 16.8 Å². The first kappa shape index (κ1) is 22.3. The number of aromatic nitrogens is 1. The van der Waals surface area contributed by atoms with Crippen LogP contribution in [0.1, 0.15) is 25.0 Å². The Balaban J connectivity index is 2.23. The van der Waals surface area contributed by atoms with Crippen molar-refractivity contribution in [2.45, 2.75) is 37.1 Å². The lowest BCUT2D eigenvalue weighted by Crippen LogP contribution is -2.32. The fourth-order valence-electron chi connectivity index (χ4n) is 2.32. The van der Waals surface area contributed by atoms with Crippen LogP contribution in [0.4, 0.5) is 0 Å². The zero-order chi connectivity index (χ0) is 20.2. The maximum atomic E-state index is 12.5. The first-order valence-corrected chi connectivity index (χ1v) is 12.2. The van der Waals surface area contributed by atoms with E-state index < -0.39 is 20.0 Å². The molecule has 0 bridgehead atoms. The molecule has 0 radical (unpaired) electrons. The third-order valence-corrected chi connectivity index (χ3v) is 7.18. The normalized spacial score (nSPS) is 12.5. The molecule has 0 unspecified atom stereocenters. The quantitative estimate of drug-likeness (QED) is 0.547. The van der Waals surface area contributed by atoms with Crippen molar-refractivity contribution in [3.05, 3.63) is 57.3 Å². The topological polar surface area (TPSA) is 105 Å². The predicted octanol–water partition coefficient (Wildman–Crippen LogP) is 2.80. The highest BCUT2D eigenvalue weighted by Crippen LogP contribution is 2.23. The SMILES string of the molecule is CC(C)NS(=O)(=O)Cc1ccccc1CNS(=O)(=O)c1cc(Br)cnc1Cl. The van der Waals surface area contributed by atoms with Crippen LogP contribution in [0, 0.1) is 0 Å². The second kappa shape index (κ2) is 8.97. The molecule has 0 aliphatic heterocycles. The maximum Gasteiger partial charge on any atom is 0.243 e. The van der Waals surface area contributed by atoms with Gasteiger partial charge in [-0.15, -0.1) is 0 Å². The molecule has 27 heavy (non-hydrogen) atoms. The van der Waals surface area contributed by atoms with Crippen LogP contribution in [0.2, 0.25) is 5.15 Å². The largest absolute Gasteiger partial charge is 0.243 e. The Morgan fingerprint density at radius 2 is 1.78 bits per heavy atom. The van der Waals surface area contributed by atoms with Gasteiger partial charge in [-0.25, -0.2) is 31.3 Å². The third kappa shape index (κ3) is 6.51. The minimum absolute atomic E-state index is 0.0848. The molecule has 1 aromatic heterocycles. The Bertz CT molecular complexity index is 1030. The number of halogens is 2. The second-order valence-electron chi connectivity index (χ2n) is 6.07. The van der Waals surface area contributed by atoms with Gasteiger partial charge in [0, 0.05) is 23.3 Å². The van der Waals surface area contributed by atoms with E-state index in [0.717, 1.165) is 0 Å². The second-order valence-corrected chi connectivity index (χ2v) is 10.8. The number of sulfonamides is 2. The molecule has 0 fully saturated rings. The lowest BCUT2D eigenvalue weighted by Gasteiger charge is -2.14. The highest BCUT2D eigenvalue weighted by atomic mass is 79.9. The molecule has 1 aromatic carbocycles. The highest BCUT2D eigenvalue weighted by Gasteiger charge is 2.21. The maximum absolute atomic E-state index is 12.5. The van der Waals surface area contributed by atoms with Crippen molar-refractivity contribution in [3.8, 4) is 0 Å². The van der Waals surface area contributed by atoms with Crippen LogP contribution in [0.3, 0.4) is 0 Å². The van der Waals surface area contributed by atoms with E-state index in [9.17, 15) is 16.8 Å². The number of benzene rings is 1. The van der Waals surface area contributed by atoms with Crippen LogP contribution >= 0.6 is 27.5 Å². The molecule has 2 aromatic rings. The van der Waals surface area contributed by atoms with Gasteiger partial charge in [0.25, 0.3) is 0 Å². The van der Waals surface area contributed by atoms with E-state index in [2.05, 4.69) is 30.4 Å². The van der Waals surface area contributed by atoms with Gasteiger partial charge in [0.1, 0.15) is 10.0 Å². The molecule has 1 heterocycles. The van der Waals surface area contributed by atoms with Gasteiger partial charge in [-0.2, -0.15) is 0 Å². The number of hydrogen-bond donors (Lipinski definition) is 2. The molecule has 2 rings (SSSR count). The van der Waals surface area contributed by atoms with Gasteiger partial charge >= 0.3 is 0 Å². The van der Waals surface area contributed by atoms with Crippen molar-refractivity contribution in [3.63, 3.8) is 0 Å². The van der Waals surface area contributed by atoms with E-state index in [4.69, 9.17) is 11.6 Å². The summed E-state index contributed by atoms with van der Waals surface area (Å²) in [6.07, 6.45) is 1.39. The number of nitrogens with zero attached hydrogens (tertiary/aromatic N) is 1. The minimum Gasteiger partial charge on any atom is -0.242 e. The zero-order valence-electron chi connectivity index (χ0n) is 14.6. The molecular weight excluding hydrogens is 478 g/mol. The standard InChI is InChI=1S/C16H19BrClN3O4S2/c1-11(2)21-26(22,23)10-13-6-4-3-5-12(13)8-20-27(24,25)15-7-14(17)9-19-16(15)18/h3-7,9,11,20-21H,8,10H2,1-2H3. The summed E-state index contributed by atoms with van der Waals surface area (Å²) >= 11 is 9.05. The zero-order valence-corrected chi connectivity index (χ0v) is 18.6. The smallest absolute Gasteiger partial charge is 0.242 e. The number of rotatable bonds is 8. The van der Waals surface area contributed by atoms with Crippen LogP contribution in [-0.2, 0) is 32.3 Å². The van der Waals surface area contributed by atoms with Gasteiger partial charge in [-0.3, -0.25) is 0 Å². The van der Waals surface area contributed by atoms with E-state index in [1.807, 2.05) is 0 Å². The Morgan fingerprint density at radius 1 is 1.15 bits per heavy atom. The molecule has 148 valence electrons. The number of hydrogen-bond acceptors (Lipinski definition) is 5. The molecule has 2 N–H and O–H groups in total. The number of pyridine rings is 1. The summed E-state index contributed by atoms with van der Waals surface area (Å²) in [5.41, 5.74) is 1.06. The molecule has 0 spiro atoms. The Hall–Kier alpha value is -1.04. The molecule has 7 nitrogen and oxygen atoms in total. The van der Waals surface area contributed by atoms with Crippen molar-refractivity contribution in [1.29, 1.82) is 0 Å². The minimum atomic E-state index is -3.93. The Morgan fingerprint density at radius 3 is 2.41 bits per heavy atom. The van der Waals surface area contributed by atoms with Gasteiger partial charge < -0.3 is 0 Å². The van der Waals surface area contributed by atoms with E-state index in [0.29, 0.717) is 15.6 Å². The lowest BCUT2D eigenvalue weighted by molar-refractivity contribution is 0.568. The molecule has 0 aliphatic rings. The predicted molar refractivity (Wildman–Crippen MR) is 108 cm³/mol. The fourth-order valence-corrected chi connectivity index (χ4v) is 5.76. The first-order chi connectivity index (χ1) is 12.5. The van der Waals surface area contributed by atoms with Crippen LogP contribution in [0.25, 0.3) is 0 Å². The Labute approximate surface area is 172 Å². The summed E-state index contributed by atoms with van der Waals surface area (Å²) in [6, 6.07) is 7.85. The monoisotopic (exact) mass is 495 g/mol. The van der Waals surface area contributed by atoms with Gasteiger partial charge in [0.05, 0.1) is 5.75 Å². The van der Waals surface area contributed by atoms with Crippen molar-refractivity contribution in [2.75, 3.05) is 0 Å². The summed E-state index contributed by atoms with van der Waals surface area (Å²) in [5, 5.41) is -0.150. The van der Waals surface area contributed by atoms with Crippen LogP contribution in [-0.4, -0.2) is 27.9 Å². The average Bonchev–Trinajstić information content (AvgIpc) is 2.54. The lowest BCUT2D eigenvalue weighted by atomic mass is 10.1. The average molecular weight is 497 g/mol. The Kier molecular flexibility index (Phi) is 7.40. The fraction of sp³-hybridized carbons (Fsp3) is 0.312. The molecule has 0 aliphatic carbocycles. The van der Waals surface area contributed by atoms with Gasteiger partial charge in [0.15, 0.2) is 0 Å². The molecular formula is C16H19BrClN3O4S2. The van der Waals surface area contributed by atoms with Crippen LogP contribution in [0.5, 0.6) is 0 Å². The van der Waals surface area contributed by atoms with E-state index in [1.54, 1.807) is 38.1 Å². The van der Waals surface area contributed by atoms with Crippen LogP contribution in [0.15, 0.2) is 45.9 Å². The van der Waals surface area contributed by atoms with Crippen molar-refractivity contribution in [1.82, 2.24) is 14.4 Å². The summed E-state index contributed by atoms with van der Waals surface area (Å²) in [4.78, 5) is 3.64. The molecule has 0 amide bonds. The molecule has 0 saturated heterocycles. The first-order valence-electron chi connectivity index (χ1n) is 7.87. The molecule has 0 atom stereocenters.